The summed E-state index contributed by atoms with van der Waals surface area (Å²) in [5.41, 5.74) is 8.45. The van der Waals surface area contributed by atoms with Crippen LogP contribution in [0.1, 0.15) is 23.5 Å². The van der Waals surface area contributed by atoms with Crippen molar-refractivity contribution in [3.63, 3.8) is 0 Å². The minimum Gasteiger partial charge on any atom is -0.396 e. The van der Waals surface area contributed by atoms with E-state index < -0.39 is 0 Å². The lowest BCUT2D eigenvalue weighted by Gasteiger charge is -2.19. The highest BCUT2D eigenvalue weighted by atomic mass is 15.2. The highest BCUT2D eigenvalue weighted by molar-refractivity contribution is 5.65. The van der Waals surface area contributed by atoms with E-state index in [9.17, 15) is 0 Å². The second kappa shape index (κ2) is 5.22. The number of nitriles is 1. The Labute approximate surface area is 118 Å². The van der Waals surface area contributed by atoms with Crippen LogP contribution in [0.25, 0.3) is 0 Å². The van der Waals surface area contributed by atoms with E-state index in [1.165, 1.54) is 5.56 Å². The smallest absolute Gasteiger partial charge is 0.151 e. The van der Waals surface area contributed by atoms with E-state index in [1.54, 1.807) is 12.3 Å². The maximum absolute atomic E-state index is 8.85. The Balaban J connectivity index is 1.79. The zero-order valence-corrected chi connectivity index (χ0v) is 11.2. The summed E-state index contributed by atoms with van der Waals surface area (Å²) < 4.78 is 0. The lowest BCUT2D eigenvalue weighted by molar-refractivity contribution is 0.774. The van der Waals surface area contributed by atoms with E-state index in [0.717, 1.165) is 25.3 Å². The molecule has 2 heterocycles. The summed E-state index contributed by atoms with van der Waals surface area (Å²) in [6.45, 7) is 1.87. The van der Waals surface area contributed by atoms with Crippen LogP contribution in [0.4, 0.5) is 11.5 Å². The average molecular weight is 264 g/mol. The molecule has 4 nitrogen and oxygen atoms in total. The fourth-order valence-electron chi connectivity index (χ4n) is 2.75. The Morgan fingerprint density at radius 3 is 2.80 bits per heavy atom. The molecule has 1 aliphatic heterocycles. The van der Waals surface area contributed by atoms with Gasteiger partial charge in [-0.1, -0.05) is 30.3 Å². The fourth-order valence-corrected chi connectivity index (χ4v) is 2.75. The van der Waals surface area contributed by atoms with Crippen molar-refractivity contribution in [1.29, 1.82) is 5.26 Å². The van der Waals surface area contributed by atoms with Gasteiger partial charge in [-0.3, -0.25) is 0 Å². The summed E-state index contributed by atoms with van der Waals surface area (Å²) >= 11 is 0. The van der Waals surface area contributed by atoms with E-state index in [1.807, 2.05) is 6.07 Å². The first kappa shape index (κ1) is 12.5. The minimum absolute atomic E-state index is 0.505. The van der Waals surface area contributed by atoms with Gasteiger partial charge in [-0.25, -0.2) is 4.98 Å². The molecular formula is C16H16N4. The monoisotopic (exact) mass is 264 g/mol. The molecule has 3 rings (SSSR count). The number of nitrogens with zero attached hydrogens (tertiary/aromatic N) is 3. The van der Waals surface area contributed by atoms with Gasteiger partial charge in [0.15, 0.2) is 5.82 Å². The Bertz CT molecular complexity index is 645. The van der Waals surface area contributed by atoms with Gasteiger partial charge >= 0.3 is 0 Å². The first-order valence-electron chi connectivity index (χ1n) is 6.73. The molecule has 0 spiro atoms. The summed E-state index contributed by atoms with van der Waals surface area (Å²) in [6, 6.07) is 14.3. The summed E-state index contributed by atoms with van der Waals surface area (Å²) in [6.07, 6.45) is 2.69. The van der Waals surface area contributed by atoms with Crippen LogP contribution in [0.3, 0.4) is 0 Å². The van der Waals surface area contributed by atoms with Gasteiger partial charge in [-0.2, -0.15) is 5.26 Å². The molecule has 4 heteroatoms. The predicted octanol–water partition coefficient (Wildman–Crippen LogP) is 2.53. The Kier molecular flexibility index (Phi) is 3.26. The molecule has 100 valence electrons. The minimum atomic E-state index is 0.505. The number of rotatable bonds is 2. The van der Waals surface area contributed by atoms with Gasteiger partial charge in [-0.15, -0.1) is 0 Å². The van der Waals surface area contributed by atoms with Crippen LogP contribution in [0.2, 0.25) is 0 Å². The van der Waals surface area contributed by atoms with E-state index in [-0.39, 0.29) is 0 Å². The van der Waals surface area contributed by atoms with Gasteiger partial charge in [0.2, 0.25) is 0 Å². The molecule has 1 aromatic heterocycles. The number of hydrogen-bond donors (Lipinski definition) is 1. The average Bonchev–Trinajstić information content (AvgIpc) is 2.97. The maximum Gasteiger partial charge on any atom is 0.151 e. The number of hydrogen-bond acceptors (Lipinski definition) is 4. The van der Waals surface area contributed by atoms with Crippen molar-refractivity contribution in [1.82, 2.24) is 4.98 Å². The standard InChI is InChI=1S/C16H16N4/c17-9-12-8-15(18)16(19-10-12)20-7-6-14(11-20)13-4-2-1-3-5-13/h1-5,8,10,14H,6-7,11,18H2. The van der Waals surface area contributed by atoms with E-state index in [4.69, 9.17) is 11.0 Å². The summed E-state index contributed by atoms with van der Waals surface area (Å²) in [7, 11) is 0. The lowest BCUT2D eigenvalue weighted by atomic mass is 9.99. The van der Waals surface area contributed by atoms with Crippen LogP contribution in [-0.2, 0) is 0 Å². The van der Waals surface area contributed by atoms with E-state index in [2.05, 4.69) is 40.2 Å². The van der Waals surface area contributed by atoms with Crippen molar-refractivity contribution in [3.05, 3.63) is 53.7 Å². The van der Waals surface area contributed by atoms with Crippen LogP contribution < -0.4 is 10.6 Å². The van der Waals surface area contributed by atoms with Crippen molar-refractivity contribution < 1.29 is 0 Å². The van der Waals surface area contributed by atoms with Crippen LogP contribution in [0.15, 0.2) is 42.6 Å². The summed E-state index contributed by atoms with van der Waals surface area (Å²) in [5, 5.41) is 8.85. The zero-order valence-electron chi connectivity index (χ0n) is 11.2. The summed E-state index contributed by atoms with van der Waals surface area (Å²) in [5.74, 6) is 1.32. The highest BCUT2D eigenvalue weighted by Crippen LogP contribution is 2.32. The zero-order chi connectivity index (χ0) is 13.9. The molecule has 1 fully saturated rings. The topological polar surface area (TPSA) is 65.9 Å². The van der Waals surface area contributed by atoms with Gasteiger partial charge in [0.05, 0.1) is 11.3 Å². The Morgan fingerprint density at radius 2 is 2.10 bits per heavy atom. The molecule has 0 radical (unpaired) electrons. The first-order valence-corrected chi connectivity index (χ1v) is 6.73. The number of anilines is 2. The van der Waals surface area contributed by atoms with Crippen LogP contribution in [-0.4, -0.2) is 18.1 Å². The van der Waals surface area contributed by atoms with E-state index in [0.29, 0.717) is 17.2 Å². The van der Waals surface area contributed by atoms with Crippen molar-refractivity contribution in [3.8, 4) is 6.07 Å². The lowest BCUT2D eigenvalue weighted by Crippen LogP contribution is -2.21. The number of pyridine rings is 1. The molecule has 1 aromatic carbocycles. The van der Waals surface area contributed by atoms with Crippen LogP contribution in [0.5, 0.6) is 0 Å². The molecule has 0 saturated carbocycles. The molecule has 1 saturated heterocycles. The molecule has 20 heavy (non-hydrogen) atoms. The van der Waals surface area contributed by atoms with Gasteiger partial charge < -0.3 is 10.6 Å². The van der Waals surface area contributed by atoms with Crippen molar-refractivity contribution in [2.45, 2.75) is 12.3 Å². The molecule has 1 unspecified atom stereocenters. The largest absolute Gasteiger partial charge is 0.396 e. The molecule has 1 atom stereocenters. The SMILES string of the molecule is N#Cc1cnc(N2CCC(c3ccccc3)C2)c(N)c1. The number of nitrogen functional groups attached to an aromatic ring is 1. The summed E-state index contributed by atoms with van der Waals surface area (Å²) in [4.78, 5) is 6.54. The number of aromatic nitrogens is 1. The maximum atomic E-state index is 8.85. The second-order valence-corrected chi connectivity index (χ2v) is 5.09. The molecule has 0 bridgehead atoms. The highest BCUT2D eigenvalue weighted by Gasteiger charge is 2.25. The quantitative estimate of drug-likeness (QED) is 0.905. The molecular weight excluding hydrogens is 248 g/mol. The predicted molar refractivity (Wildman–Crippen MR) is 79.4 cm³/mol. The molecule has 2 aromatic rings. The Hall–Kier alpha value is -2.54. The first-order chi connectivity index (χ1) is 9.78. The normalized spacial score (nSPS) is 17.9. The molecule has 1 aliphatic rings. The fraction of sp³-hybridized carbons (Fsp3) is 0.250. The van der Waals surface area contributed by atoms with Crippen molar-refractivity contribution >= 4 is 11.5 Å². The van der Waals surface area contributed by atoms with Crippen LogP contribution >= 0.6 is 0 Å². The Morgan fingerprint density at radius 1 is 1.30 bits per heavy atom. The van der Waals surface area contributed by atoms with Gasteiger partial charge in [0, 0.05) is 25.2 Å². The second-order valence-electron chi connectivity index (χ2n) is 5.09. The van der Waals surface area contributed by atoms with Gasteiger partial charge in [0.25, 0.3) is 0 Å². The van der Waals surface area contributed by atoms with Crippen LogP contribution in [0, 0.1) is 11.3 Å². The van der Waals surface area contributed by atoms with Gasteiger partial charge in [0.1, 0.15) is 6.07 Å². The number of benzene rings is 1. The van der Waals surface area contributed by atoms with E-state index >= 15 is 0 Å². The third-order valence-electron chi connectivity index (χ3n) is 3.78. The van der Waals surface area contributed by atoms with Crippen molar-refractivity contribution in [2.24, 2.45) is 0 Å². The molecule has 0 amide bonds. The van der Waals surface area contributed by atoms with Crippen molar-refractivity contribution in [2.75, 3.05) is 23.7 Å². The third kappa shape index (κ3) is 2.30. The third-order valence-corrected chi connectivity index (χ3v) is 3.78. The molecule has 2 N–H and O–H groups in total. The molecule has 0 aliphatic carbocycles. The van der Waals surface area contributed by atoms with Gasteiger partial charge in [-0.05, 0) is 18.1 Å². The number of nitrogens with two attached hydrogens (primary N) is 1.